The van der Waals surface area contributed by atoms with Crippen LogP contribution in [-0.4, -0.2) is 61.0 Å². The van der Waals surface area contributed by atoms with Crippen molar-refractivity contribution >= 4 is 62.0 Å². The van der Waals surface area contributed by atoms with Gasteiger partial charge in [0.1, 0.15) is 4.88 Å². The zero-order valence-corrected chi connectivity index (χ0v) is 20.3. The van der Waals surface area contributed by atoms with Crippen LogP contribution in [0.1, 0.15) is 15.2 Å². The molecule has 0 amide bonds. The minimum atomic E-state index is -0.426. The monoisotopic (exact) mass is 503 g/mol. The van der Waals surface area contributed by atoms with Gasteiger partial charge in [0.05, 0.1) is 12.1 Å². The van der Waals surface area contributed by atoms with Gasteiger partial charge in [0, 0.05) is 48.5 Å². The van der Waals surface area contributed by atoms with Crippen LogP contribution in [0.3, 0.4) is 0 Å². The van der Waals surface area contributed by atoms with Gasteiger partial charge in [-0.2, -0.15) is 0 Å². The number of hydrogen-bond donors (Lipinski definition) is 1. The van der Waals surface area contributed by atoms with E-state index in [1.54, 1.807) is 0 Å². The molecule has 3 heterocycles. The van der Waals surface area contributed by atoms with Crippen molar-refractivity contribution < 1.29 is 19.0 Å². The van der Waals surface area contributed by atoms with Gasteiger partial charge in [0.15, 0.2) is 16.6 Å². The van der Waals surface area contributed by atoms with Gasteiger partial charge in [-0.3, -0.25) is 4.90 Å². The molecule has 10 heteroatoms. The van der Waals surface area contributed by atoms with Gasteiger partial charge < -0.3 is 24.4 Å². The maximum atomic E-state index is 11.9. The number of anilines is 1. The molecule has 0 radical (unpaired) electrons. The van der Waals surface area contributed by atoms with E-state index in [-0.39, 0.29) is 0 Å². The molecule has 0 aliphatic carbocycles. The van der Waals surface area contributed by atoms with Gasteiger partial charge in [-0.05, 0) is 48.1 Å². The van der Waals surface area contributed by atoms with Crippen molar-refractivity contribution in [3.8, 4) is 11.5 Å². The molecule has 1 fully saturated rings. The molecule has 2 aliphatic rings. The minimum absolute atomic E-state index is 0.292. The number of thiocarbonyl (C=S) groups is 1. The zero-order chi connectivity index (χ0) is 22.9. The van der Waals surface area contributed by atoms with Crippen LogP contribution in [0.4, 0.5) is 5.69 Å². The highest BCUT2D eigenvalue weighted by molar-refractivity contribution is 7.80. The van der Waals surface area contributed by atoms with Gasteiger partial charge >= 0.3 is 5.97 Å². The largest absolute Gasteiger partial charge is 0.465 e. The van der Waals surface area contributed by atoms with Crippen molar-refractivity contribution in [2.45, 2.75) is 6.54 Å². The predicted molar refractivity (Wildman–Crippen MR) is 134 cm³/mol. The number of rotatable bonds is 4. The number of carbonyl (C=O) groups is 1. The summed E-state index contributed by atoms with van der Waals surface area (Å²) in [6.45, 7) is 4.67. The Morgan fingerprint density at radius 2 is 1.94 bits per heavy atom. The fourth-order valence-electron chi connectivity index (χ4n) is 3.98. The summed E-state index contributed by atoms with van der Waals surface area (Å²) in [4.78, 5) is 16.9. The Morgan fingerprint density at radius 3 is 2.73 bits per heavy atom. The number of halogens is 1. The summed E-state index contributed by atoms with van der Waals surface area (Å²) in [5.74, 6) is 1.20. The molecule has 1 N–H and O–H groups in total. The van der Waals surface area contributed by atoms with E-state index in [1.165, 1.54) is 24.0 Å². The fourth-order valence-corrected chi connectivity index (χ4v) is 5.74. The van der Waals surface area contributed by atoms with Crippen LogP contribution in [0.15, 0.2) is 36.4 Å². The summed E-state index contributed by atoms with van der Waals surface area (Å²) in [7, 11) is 1.35. The van der Waals surface area contributed by atoms with Crippen LogP contribution in [0.5, 0.6) is 11.5 Å². The summed E-state index contributed by atoms with van der Waals surface area (Å²) >= 11 is 13.3. The van der Waals surface area contributed by atoms with Crippen molar-refractivity contribution in [2.24, 2.45) is 0 Å². The molecule has 0 spiro atoms. The van der Waals surface area contributed by atoms with Gasteiger partial charge in [-0.15, -0.1) is 11.3 Å². The van der Waals surface area contributed by atoms with E-state index >= 15 is 0 Å². The Hall–Kier alpha value is -2.59. The maximum absolute atomic E-state index is 11.9. The molecule has 5 rings (SSSR count). The number of nitrogens with zero attached hydrogens (tertiary/aromatic N) is 2. The zero-order valence-electron chi connectivity index (χ0n) is 17.9. The first-order chi connectivity index (χ1) is 16.0. The fraction of sp³-hybridized carbons (Fsp3) is 0.304. The van der Waals surface area contributed by atoms with Crippen molar-refractivity contribution in [1.29, 1.82) is 0 Å². The van der Waals surface area contributed by atoms with Gasteiger partial charge in [0.2, 0.25) is 6.79 Å². The highest BCUT2D eigenvalue weighted by Crippen LogP contribution is 2.37. The number of fused-ring (bicyclic) bond motifs is 2. The standard InChI is InChI=1S/C23H22ClN3O4S2/c1-29-22(28)21-20(24)16-4-3-15(11-19(16)33-21)25-23(32)27-8-6-26(7-9-27)12-14-2-5-17-18(10-14)31-13-30-17/h2-5,10-11H,6-9,12-13H2,1H3,(H,25,32). The second kappa shape index (κ2) is 9.34. The summed E-state index contributed by atoms with van der Waals surface area (Å²) < 4.78 is 16.6. The van der Waals surface area contributed by atoms with Crippen LogP contribution in [0, 0.1) is 0 Å². The maximum Gasteiger partial charge on any atom is 0.349 e. The SMILES string of the molecule is COC(=O)c1sc2cc(NC(=S)N3CCN(Cc4ccc5c(c4)OCO5)CC3)ccc2c1Cl. The Kier molecular flexibility index (Phi) is 6.29. The van der Waals surface area contributed by atoms with E-state index in [0.717, 1.165) is 60.0 Å². The molecule has 172 valence electrons. The van der Waals surface area contributed by atoms with E-state index in [1.807, 2.05) is 24.3 Å². The van der Waals surface area contributed by atoms with Crippen molar-refractivity contribution in [2.75, 3.05) is 45.4 Å². The summed E-state index contributed by atoms with van der Waals surface area (Å²) in [5, 5.41) is 5.27. The summed E-state index contributed by atoms with van der Waals surface area (Å²) in [6.07, 6.45) is 0. The molecule has 1 saturated heterocycles. The second-order valence-corrected chi connectivity index (χ2v) is 9.65. The van der Waals surface area contributed by atoms with Crippen LogP contribution in [0.2, 0.25) is 5.02 Å². The van der Waals surface area contributed by atoms with Crippen LogP contribution >= 0.6 is 35.2 Å². The molecule has 3 aromatic rings. The Bertz CT molecular complexity index is 1220. The van der Waals surface area contributed by atoms with Crippen molar-refractivity contribution in [1.82, 2.24) is 9.80 Å². The number of hydrogen-bond acceptors (Lipinski definition) is 7. The molecule has 0 atom stereocenters. The highest BCUT2D eigenvalue weighted by atomic mass is 35.5. The Morgan fingerprint density at radius 1 is 1.15 bits per heavy atom. The summed E-state index contributed by atoms with van der Waals surface area (Å²) in [6, 6.07) is 11.9. The third-order valence-corrected chi connectivity index (χ3v) is 7.75. The normalized spacial score (nSPS) is 15.6. The first-order valence-electron chi connectivity index (χ1n) is 10.5. The van der Waals surface area contributed by atoms with Crippen molar-refractivity contribution in [3.05, 3.63) is 51.9 Å². The predicted octanol–water partition coefficient (Wildman–Crippen LogP) is 4.58. The quantitative estimate of drug-likeness (QED) is 0.410. The van der Waals surface area contributed by atoms with Crippen molar-refractivity contribution in [3.63, 3.8) is 0 Å². The number of esters is 1. The number of piperazine rings is 1. The van der Waals surface area contributed by atoms with E-state index < -0.39 is 5.97 Å². The van der Waals surface area contributed by atoms with Gasteiger partial charge in [-0.25, -0.2) is 4.79 Å². The molecule has 0 bridgehead atoms. The second-order valence-electron chi connectivity index (χ2n) is 7.83. The lowest BCUT2D eigenvalue weighted by Gasteiger charge is -2.36. The molecule has 0 saturated carbocycles. The summed E-state index contributed by atoms with van der Waals surface area (Å²) in [5.41, 5.74) is 2.08. The highest BCUT2D eigenvalue weighted by Gasteiger charge is 2.21. The average Bonchev–Trinajstić information content (AvgIpc) is 3.43. The minimum Gasteiger partial charge on any atom is -0.465 e. The van der Waals surface area contributed by atoms with Gasteiger partial charge in [-0.1, -0.05) is 17.7 Å². The number of ether oxygens (including phenoxy) is 3. The molecule has 2 aromatic carbocycles. The first-order valence-corrected chi connectivity index (χ1v) is 12.1. The van der Waals surface area contributed by atoms with E-state index in [4.69, 9.17) is 38.0 Å². The molecule has 1 aromatic heterocycles. The third kappa shape index (κ3) is 4.59. The van der Waals surface area contributed by atoms with Crippen LogP contribution < -0.4 is 14.8 Å². The van der Waals surface area contributed by atoms with Crippen LogP contribution in [-0.2, 0) is 11.3 Å². The van der Waals surface area contributed by atoms with Gasteiger partial charge in [0.25, 0.3) is 0 Å². The number of methoxy groups -OCH3 is 1. The Labute approximate surface area is 205 Å². The molecule has 0 unspecified atom stereocenters. The number of carbonyl (C=O) groups excluding carboxylic acids is 1. The van der Waals surface area contributed by atoms with E-state index in [0.29, 0.717) is 21.8 Å². The molecule has 7 nitrogen and oxygen atoms in total. The number of thiophene rings is 1. The average molecular weight is 504 g/mol. The number of benzene rings is 2. The first kappa shape index (κ1) is 22.2. The molecule has 33 heavy (non-hydrogen) atoms. The molecule has 2 aliphatic heterocycles. The molecular weight excluding hydrogens is 482 g/mol. The lowest BCUT2D eigenvalue weighted by Crippen LogP contribution is -2.49. The smallest absolute Gasteiger partial charge is 0.349 e. The Balaban J connectivity index is 1.18. The van der Waals surface area contributed by atoms with E-state index in [2.05, 4.69) is 27.2 Å². The number of nitrogens with one attached hydrogen (secondary N) is 1. The van der Waals surface area contributed by atoms with E-state index in [9.17, 15) is 4.79 Å². The topological polar surface area (TPSA) is 63.3 Å². The van der Waals surface area contributed by atoms with Crippen LogP contribution in [0.25, 0.3) is 10.1 Å². The third-order valence-electron chi connectivity index (χ3n) is 5.75. The lowest BCUT2D eigenvalue weighted by molar-refractivity contribution is 0.0606. The lowest BCUT2D eigenvalue weighted by atomic mass is 10.1. The molecular formula is C23H22ClN3O4S2.